The topological polar surface area (TPSA) is 59.8 Å². The largest absolute Gasteiger partial charge is 0.298 e. The number of amides is 1. The number of carbonyl (C=O) groups excluding carboxylic acids is 1. The molecular formula is C20H15ClN4OS. The summed E-state index contributed by atoms with van der Waals surface area (Å²) in [6.07, 6.45) is 3.65. The van der Waals surface area contributed by atoms with Crippen LogP contribution >= 0.6 is 22.9 Å². The van der Waals surface area contributed by atoms with Crippen LogP contribution in [-0.4, -0.2) is 20.7 Å². The SMILES string of the molecule is O=C(Nc1nc(-c2ccccc2Cl)cs1)c1ccc(Cn2cccn2)cc1. The van der Waals surface area contributed by atoms with Crippen LogP contribution in [0.15, 0.2) is 72.4 Å². The lowest BCUT2D eigenvalue weighted by atomic mass is 10.1. The zero-order valence-corrected chi connectivity index (χ0v) is 15.7. The van der Waals surface area contributed by atoms with Gasteiger partial charge in [-0.2, -0.15) is 5.10 Å². The third kappa shape index (κ3) is 4.07. The Labute approximate surface area is 165 Å². The van der Waals surface area contributed by atoms with Crippen LogP contribution in [0.3, 0.4) is 0 Å². The molecule has 2 aromatic heterocycles. The van der Waals surface area contributed by atoms with E-state index >= 15 is 0 Å². The van der Waals surface area contributed by atoms with E-state index in [1.54, 1.807) is 18.3 Å². The maximum absolute atomic E-state index is 12.5. The zero-order chi connectivity index (χ0) is 18.6. The van der Waals surface area contributed by atoms with Gasteiger partial charge in [0.1, 0.15) is 0 Å². The van der Waals surface area contributed by atoms with E-state index in [2.05, 4.69) is 15.4 Å². The van der Waals surface area contributed by atoms with Crippen LogP contribution in [0.25, 0.3) is 11.3 Å². The van der Waals surface area contributed by atoms with Crippen molar-refractivity contribution in [1.29, 1.82) is 0 Å². The fourth-order valence-corrected chi connectivity index (χ4v) is 3.57. The summed E-state index contributed by atoms with van der Waals surface area (Å²) >= 11 is 7.57. The summed E-state index contributed by atoms with van der Waals surface area (Å²) in [6.45, 7) is 0.669. The first-order chi connectivity index (χ1) is 13.2. The van der Waals surface area contributed by atoms with Gasteiger partial charge in [-0.3, -0.25) is 14.8 Å². The van der Waals surface area contributed by atoms with Crippen molar-refractivity contribution in [2.24, 2.45) is 0 Å². The smallest absolute Gasteiger partial charge is 0.257 e. The maximum atomic E-state index is 12.5. The van der Waals surface area contributed by atoms with Gasteiger partial charge >= 0.3 is 0 Å². The minimum Gasteiger partial charge on any atom is -0.298 e. The highest BCUT2D eigenvalue weighted by atomic mass is 35.5. The minimum atomic E-state index is -0.194. The number of thiazole rings is 1. The fourth-order valence-electron chi connectivity index (χ4n) is 2.64. The van der Waals surface area contributed by atoms with Gasteiger partial charge in [-0.15, -0.1) is 11.3 Å². The van der Waals surface area contributed by atoms with Crippen molar-refractivity contribution < 1.29 is 4.79 Å². The summed E-state index contributed by atoms with van der Waals surface area (Å²) in [5.74, 6) is -0.194. The Balaban J connectivity index is 1.44. The monoisotopic (exact) mass is 394 g/mol. The lowest BCUT2D eigenvalue weighted by Crippen LogP contribution is -2.11. The average molecular weight is 395 g/mol. The summed E-state index contributed by atoms with van der Waals surface area (Å²) in [4.78, 5) is 16.9. The van der Waals surface area contributed by atoms with Crippen LogP contribution < -0.4 is 5.32 Å². The third-order valence-electron chi connectivity index (χ3n) is 3.99. The Kier molecular flexibility index (Phi) is 5.00. The van der Waals surface area contributed by atoms with Gasteiger partial charge in [0.25, 0.3) is 5.91 Å². The van der Waals surface area contributed by atoms with Crippen molar-refractivity contribution in [2.75, 3.05) is 5.32 Å². The zero-order valence-electron chi connectivity index (χ0n) is 14.2. The van der Waals surface area contributed by atoms with E-state index in [1.165, 1.54) is 11.3 Å². The van der Waals surface area contributed by atoms with Crippen molar-refractivity contribution in [3.05, 3.63) is 88.5 Å². The van der Waals surface area contributed by atoms with Gasteiger partial charge in [-0.1, -0.05) is 41.9 Å². The Morgan fingerprint density at radius 2 is 1.93 bits per heavy atom. The predicted molar refractivity (Wildman–Crippen MR) is 108 cm³/mol. The molecule has 0 bridgehead atoms. The van der Waals surface area contributed by atoms with E-state index in [9.17, 15) is 4.79 Å². The van der Waals surface area contributed by atoms with E-state index in [-0.39, 0.29) is 5.91 Å². The van der Waals surface area contributed by atoms with E-state index in [1.807, 2.05) is 58.7 Å². The van der Waals surface area contributed by atoms with Gasteiger partial charge in [0.05, 0.1) is 12.2 Å². The molecule has 5 nitrogen and oxygen atoms in total. The molecule has 0 aliphatic carbocycles. The Bertz CT molecular complexity index is 1060. The number of hydrogen-bond donors (Lipinski definition) is 1. The lowest BCUT2D eigenvalue weighted by Gasteiger charge is -2.05. The second-order valence-corrected chi connectivity index (χ2v) is 7.14. The first kappa shape index (κ1) is 17.5. The lowest BCUT2D eigenvalue weighted by molar-refractivity contribution is 0.102. The quantitative estimate of drug-likeness (QED) is 0.520. The summed E-state index contributed by atoms with van der Waals surface area (Å²) in [5, 5.41) is 10.1. The summed E-state index contributed by atoms with van der Waals surface area (Å²) in [6, 6.07) is 16.8. The molecule has 0 saturated heterocycles. The Morgan fingerprint density at radius 3 is 2.67 bits per heavy atom. The van der Waals surface area contributed by atoms with Crippen LogP contribution in [0.2, 0.25) is 5.02 Å². The number of nitrogens with zero attached hydrogens (tertiary/aromatic N) is 3. The maximum Gasteiger partial charge on any atom is 0.257 e. The Morgan fingerprint density at radius 1 is 1.11 bits per heavy atom. The van der Waals surface area contributed by atoms with Gasteiger partial charge in [-0.25, -0.2) is 4.98 Å². The van der Waals surface area contributed by atoms with Gasteiger partial charge in [0, 0.05) is 33.9 Å². The van der Waals surface area contributed by atoms with Crippen molar-refractivity contribution in [3.8, 4) is 11.3 Å². The molecule has 0 atom stereocenters. The van der Waals surface area contributed by atoms with Crippen LogP contribution in [-0.2, 0) is 6.54 Å². The molecule has 4 aromatic rings. The molecule has 134 valence electrons. The van der Waals surface area contributed by atoms with Crippen LogP contribution in [0, 0.1) is 0 Å². The normalized spacial score (nSPS) is 10.7. The number of halogens is 1. The molecule has 1 N–H and O–H groups in total. The van der Waals surface area contributed by atoms with Crippen molar-refractivity contribution >= 4 is 34.0 Å². The standard InChI is InChI=1S/C20H15ClN4OS/c21-17-5-2-1-4-16(17)18-13-27-20(23-18)24-19(26)15-8-6-14(7-9-15)12-25-11-3-10-22-25/h1-11,13H,12H2,(H,23,24,26). The number of carbonyl (C=O) groups is 1. The molecule has 2 heterocycles. The van der Waals surface area contributed by atoms with Gasteiger partial charge in [0.2, 0.25) is 0 Å². The van der Waals surface area contributed by atoms with E-state index in [0.29, 0.717) is 22.3 Å². The highest BCUT2D eigenvalue weighted by Crippen LogP contribution is 2.30. The van der Waals surface area contributed by atoms with E-state index in [4.69, 9.17) is 11.6 Å². The van der Waals surface area contributed by atoms with Crippen molar-refractivity contribution in [1.82, 2.24) is 14.8 Å². The number of benzene rings is 2. The second-order valence-electron chi connectivity index (χ2n) is 5.87. The van der Waals surface area contributed by atoms with Crippen LogP contribution in [0.5, 0.6) is 0 Å². The van der Waals surface area contributed by atoms with E-state index < -0.39 is 0 Å². The highest BCUT2D eigenvalue weighted by Gasteiger charge is 2.11. The molecule has 2 aromatic carbocycles. The van der Waals surface area contributed by atoms with E-state index in [0.717, 1.165) is 16.8 Å². The molecule has 4 rings (SSSR count). The van der Waals surface area contributed by atoms with Gasteiger partial charge in [0.15, 0.2) is 5.13 Å². The Hall–Kier alpha value is -2.96. The number of rotatable bonds is 5. The molecule has 1 amide bonds. The van der Waals surface area contributed by atoms with Gasteiger partial charge in [-0.05, 0) is 29.8 Å². The van der Waals surface area contributed by atoms with Gasteiger partial charge < -0.3 is 0 Å². The molecule has 0 aliphatic heterocycles. The number of hydrogen-bond acceptors (Lipinski definition) is 4. The molecule has 0 radical (unpaired) electrons. The summed E-state index contributed by atoms with van der Waals surface area (Å²) in [5.41, 5.74) is 3.24. The number of aromatic nitrogens is 3. The average Bonchev–Trinajstić information content (AvgIpc) is 3.35. The van der Waals surface area contributed by atoms with Crippen molar-refractivity contribution in [3.63, 3.8) is 0 Å². The first-order valence-corrected chi connectivity index (χ1v) is 9.53. The molecule has 0 saturated carbocycles. The van der Waals surface area contributed by atoms with Crippen molar-refractivity contribution in [2.45, 2.75) is 6.54 Å². The molecule has 0 fully saturated rings. The summed E-state index contributed by atoms with van der Waals surface area (Å²) in [7, 11) is 0. The number of anilines is 1. The van der Waals surface area contributed by atoms with Crippen LogP contribution in [0.4, 0.5) is 5.13 Å². The molecule has 0 unspecified atom stereocenters. The third-order valence-corrected chi connectivity index (χ3v) is 5.08. The molecular weight excluding hydrogens is 380 g/mol. The van der Waals surface area contributed by atoms with Crippen LogP contribution in [0.1, 0.15) is 15.9 Å². The minimum absolute atomic E-state index is 0.194. The second kappa shape index (κ2) is 7.73. The first-order valence-electron chi connectivity index (χ1n) is 8.27. The molecule has 0 spiro atoms. The molecule has 27 heavy (non-hydrogen) atoms. The summed E-state index contributed by atoms with van der Waals surface area (Å²) < 4.78 is 1.83. The molecule has 7 heteroatoms. The fraction of sp³-hybridized carbons (Fsp3) is 0.0500. The molecule has 0 aliphatic rings. The number of nitrogens with one attached hydrogen (secondary N) is 1. The predicted octanol–water partition coefficient (Wildman–Crippen LogP) is 4.96. The highest BCUT2D eigenvalue weighted by molar-refractivity contribution is 7.14.